The van der Waals surface area contributed by atoms with Gasteiger partial charge in [-0.05, 0) is 48.1 Å². The Morgan fingerprint density at radius 1 is 1.00 bits per heavy atom. The molecule has 2 aromatic rings. The van der Waals surface area contributed by atoms with Gasteiger partial charge < -0.3 is 5.11 Å². The van der Waals surface area contributed by atoms with Crippen LogP contribution in [0.2, 0.25) is 0 Å². The SMILES string of the molecule is O=S1C2CCCC1CC(O)(c1ccc3ccccc3c1)C2. The normalized spacial score (nSPS) is 35.8. The van der Waals surface area contributed by atoms with Gasteiger partial charge in [0.15, 0.2) is 0 Å². The lowest BCUT2D eigenvalue weighted by molar-refractivity contribution is 0.00666. The van der Waals surface area contributed by atoms with Gasteiger partial charge in [0.2, 0.25) is 0 Å². The maximum Gasteiger partial charge on any atom is 0.0919 e. The second-order valence-corrected chi connectivity index (χ2v) is 8.50. The molecule has 2 aliphatic heterocycles. The maximum atomic E-state index is 12.3. The van der Waals surface area contributed by atoms with Crippen LogP contribution in [0.25, 0.3) is 10.8 Å². The van der Waals surface area contributed by atoms with Crippen LogP contribution in [-0.4, -0.2) is 19.8 Å². The van der Waals surface area contributed by atoms with Crippen LogP contribution in [0.5, 0.6) is 0 Å². The number of fused-ring (bicyclic) bond motifs is 3. The predicted octanol–water partition coefficient (Wildman–Crippen LogP) is 3.49. The highest BCUT2D eigenvalue weighted by Crippen LogP contribution is 2.44. The molecule has 3 heteroatoms. The summed E-state index contributed by atoms with van der Waals surface area (Å²) in [5, 5.41) is 13.9. The molecule has 0 amide bonds. The van der Waals surface area contributed by atoms with Gasteiger partial charge in [0.25, 0.3) is 0 Å². The van der Waals surface area contributed by atoms with E-state index < -0.39 is 16.4 Å². The van der Waals surface area contributed by atoms with Crippen LogP contribution >= 0.6 is 0 Å². The summed E-state index contributed by atoms with van der Waals surface area (Å²) >= 11 is 0. The number of benzene rings is 2. The van der Waals surface area contributed by atoms with Crippen molar-refractivity contribution in [3.8, 4) is 0 Å². The van der Waals surface area contributed by atoms with E-state index in [9.17, 15) is 9.32 Å². The summed E-state index contributed by atoms with van der Waals surface area (Å²) in [5.41, 5.74) is 0.197. The van der Waals surface area contributed by atoms with E-state index in [-0.39, 0.29) is 10.5 Å². The van der Waals surface area contributed by atoms with Crippen molar-refractivity contribution < 1.29 is 9.32 Å². The Morgan fingerprint density at radius 3 is 2.38 bits per heavy atom. The molecule has 0 radical (unpaired) electrons. The van der Waals surface area contributed by atoms with Crippen LogP contribution in [0.1, 0.15) is 37.7 Å². The minimum atomic E-state index is -0.798. The number of aliphatic hydroxyl groups is 1. The third-order valence-corrected chi connectivity index (χ3v) is 7.25. The topological polar surface area (TPSA) is 37.3 Å². The van der Waals surface area contributed by atoms with Crippen LogP contribution in [0, 0.1) is 0 Å². The molecule has 2 aliphatic rings. The first-order chi connectivity index (χ1) is 10.2. The Balaban J connectivity index is 1.75. The van der Waals surface area contributed by atoms with Crippen molar-refractivity contribution in [2.75, 3.05) is 0 Å². The van der Waals surface area contributed by atoms with Crippen molar-refractivity contribution in [1.29, 1.82) is 0 Å². The summed E-state index contributed by atoms with van der Waals surface area (Å²) in [5.74, 6) is 0. The van der Waals surface area contributed by atoms with E-state index in [1.165, 1.54) is 10.8 Å². The molecule has 2 unspecified atom stereocenters. The van der Waals surface area contributed by atoms with Crippen LogP contribution in [-0.2, 0) is 16.4 Å². The molecule has 1 N–H and O–H groups in total. The third kappa shape index (κ3) is 2.23. The third-order valence-electron chi connectivity index (χ3n) is 5.13. The molecule has 0 saturated carbocycles. The van der Waals surface area contributed by atoms with Crippen LogP contribution in [0.3, 0.4) is 0 Å². The lowest BCUT2D eigenvalue weighted by atomic mass is 9.80. The number of hydrogen-bond acceptors (Lipinski definition) is 2. The monoisotopic (exact) mass is 300 g/mol. The smallest absolute Gasteiger partial charge is 0.0919 e. The van der Waals surface area contributed by atoms with E-state index in [0.717, 1.165) is 24.8 Å². The predicted molar refractivity (Wildman–Crippen MR) is 86.6 cm³/mol. The largest absolute Gasteiger partial charge is 0.385 e. The standard InChI is InChI=1S/C18H20O2S/c19-18(11-16-6-3-7-17(12-18)21(16)20)15-9-8-13-4-1-2-5-14(13)10-15/h1-2,4-5,8-10,16-17,19H,3,6-7,11-12H2. The van der Waals surface area contributed by atoms with Crippen LogP contribution in [0.4, 0.5) is 0 Å². The first-order valence-corrected chi connectivity index (χ1v) is 9.04. The van der Waals surface area contributed by atoms with Crippen LogP contribution in [0.15, 0.2) is 42.5 Å². The molecule has 2 fully saturated rings. The first kappa shape index (κ1) is 13.5. The molecule has 2 heterocycles. The lowest BCUT2D eigenvalue weighted by Crippen LogP contribution is -2.47. The van der Waals surface area contributed by atoms with Gasteiger partial charge >= 0.3 is 0 Å². The quantitative estimate of drug-likeness (QED) is 0.875. The molecule has 2 nitrogen and oxygen atoms in total. The molecular weight excluding hydrogens is 280 g/mol. The second-order valence-electron chi connectivity index (χ2n) is 6.51. The minimum Gasteiger partial charge on any atom is -0.385 e. The van der Waals surface area contributed by atoms with E-state index in [1.807, 2.05) is 18.2 Å². The summed E-state index contributed by atoms with van der Waals surface area (Å²) in [6.07, 6.45) is 4.45. The van der Waals surface area contributed by atoms with Gasteiger partial charge in [0.05, 0.1) is 5.60 Å². The van der Waals surface area contributed by atoms with E-state index in [2.05, 4.69) is 24.3 Å². The zero-order chi connectivity index (χ0) is 14.4. The second kappa shape index (κ2) is 4.92. The number of hydrogen-bond donors (Lipinski definition) is 1. The highest BCUT2D eigenvalue weighted by Gasteiger charge is 2.46. The fraction of sp³-hybridized carbons (Fsp3) is 0.444. The van der Waals surface area contributed by atoms with Gasteiger partial charge in [-0.3, -0.25) is 4.21 Å². The summed E-state index contributed by atoms with van der Waals surface area (Å²) < 4.78 is 12.3. The van der Waals surface area contributed by atoms with Gasteiger partial charge in [0, 0.05) is 21.3 Å². The molecule has 0 aromatic heterocycles. The van der Waals surface area contributed by atoms with Gasteiger partial charge in [-0.1, -0.05) is 42.8 Å². The molecule has 0 spiro atoms. The van der Waals surface area contributed by atoms with E-state index >= 15 is 0 Å². The van der Waals surface area contributed by atoms with Gasteiger partial charge in [-0.25, -0.2) is 0 Å². The van der Waals surface area contributed by atoms with Crippen molar-refractivity contribution in [2.45, 2.75) is 48.2 Å². The van der Waals surface area contributed by atoms with Crippen molar-refractivity contribution in [1.82, 2.24) is 0 Å². The summed E-state index contributed by atoms with van der Waals surface area (Å²) in [6, 6.07) is 14.5. The van der Waals surface area contributed by atoms with Crippen molar-refractivity contribution in [2.24, 2.45) is 0 Å². The summed E-state index contributed by atoms with van der Waals surface area (Å²) in [4.78, 5) is 0. The molecular formula is C18H20O2S. The van der Waals surface area contributed by atoms with E-state index in [1.54, 1.807) is 0 Å². The Labute approximate surface area is 127 Å². The molecule has 2 bridgehead atoms. The zero-order valence-electron chi connectivity index (χ0n) is 12.0. The Morgan fingerprint density at radius 2 is 1.67 bits per heavy atom. The van der Waals surface area contributed by atoms with E-state index in [4.69, 9.17) is 0 Å². The molecule has 0 aliphatic carbocycles. The average Bonchev–Trinajstić information content (AvgIpc) is 2.49. The highest BCUT2D eigenvalue weighted by atomic mass is 32.2. The first-order valence-electron chi connectivity index (χ1n) is 7.77. The zero-order valence-corrected chi connectivity index (χ0v) is 12.8. The fourth-order valence-corrected chi connectivity index (χ4v) is 6.22. The van der Waals surface area contributed by atoms with E-state index in [0.29, 0.717) is 12.8 Å². The van der Waals surface area contributed by atoms with Gasteiger partial charge in [0.1, 0.15) is 0 Å². The Hall–Kier alpha value is -1.19. The minimum absolute atomic E-state index is 0.175. The Bertz CT molecular complexity index is 693. The molecule has 2 atom stereocenters. The van der Waals surface area contributed by atoms with Gasteiger partial charge in [-0.15, -0.1) is 0 Å². The van der Waals surface area contributed by atoms with Crippen LogP contribution < -0.4 is 0 Å². The summed E-state index contributed by atoms with van der Waals surface area (Å²) in [6.45, 7) is 0. The summed E-state index contributed by atoms with van der Waals surface area (Å²) in [7, 11) is -0.743. The Kier molecular flexibility index (Phi) is 3.16. The molecule has 2 aromatic carbocycles. The highest BCUT2D eigenvalue weighted by molar-refractivity contribution is 7.86. The number of rotatable bonds is 1. The maximum absolute atomic E-state index is 12.3. The molecule has 2 saturated heterocycles. The average molecular weight is 300 g/mol. The molecule has 110 valence electrons. The lowest BCUT2D eigenvalue weighted by Gasteiger charge is -2.43. The fourth-order valence-electron chi connectivity index (χ4n) is 4.00. The molecule has 21 heavy (non-hydrogen) atoms. The van der Waals surface area contributed by atoms with Gasteiger partial charge in [-0.2, -0.15) is 0 Å². The van der Waals surface area contributed by atoms with Crippen molar-refractivity contribution >= 4 is 21.6 Å². The molecule has 4 rings (SSSR count). The van der Waals surface area contributed by atoms with Crippen molar-refractivity contribution in [3.63, 3.8) is 0 Å². The van der Waals surface area contributed by atoms with Crippen molar-refractivity contribution in [3.05, 3.63) is 48.0 Å².